The molecule has 0 spiro atoms. The lowest BCUT2D eigenvalue weighted by Crippen LogP contribution is -2.26. The van der Waals surface area contributed by atoms with E-state index in [4.69, 9.17) is 20.3 Å². The number of benzene rings is 2. The van der Waals surface area contributed by atoms with Crippen LogP contribution in [0.4, 0.5) is 5.69 Å². The molecule has 0 saturated carbocycles. The third kappa shape index (κ3) is 5.79. The molecule has 9 heteroatoms. The average Bonchev–Trinajstić information content (AvgIpc) is 2.75. The van der Waals surface area contributed by atoms with E-state index in [9.17, 15) is 4.79 Å². The Morgan fingerprint density at radius 3 is 2.66 bits per heavy atom. The summed E-state index contributed by atoms with van der Waals surface area (Å²) in [5.41, 5.74) is 10.5. The van der Waals surface area contributed by atoms with Crippen LogP contribution < -0.4 is 20.1 Å². The van der Waals surface area contributed by atoms with Crippen LogP contribution in [0.2, 0.25) is 0 Å². The predicted molar refractivity (Wildman–Crippen MR) is 109 cm³/mol. The molecule has 0 aromatic heterocycles. The topological polar surface area (TPSA) is 132 Å². The van der Waals surface area contributed by atoms with E-state index in [1.807, 2.05) is 19.1 Å². The van der Waals surface area contributed by atoms with Crippen molar-refractivity contribution in [2.45, 2.75) is 19.5 Å². The number of anilines is 1. The standard InChI is InChI=1S/C20H22N6O3/c1-13(11-24-26-22)25-17-6-4-14(10-21)8-16(17)20(27)23-12-15-5-7-18(28-2)19(9-15)29-3/h4-9,13,25H,11-12H2,1-3H3,(H,23,27)/t13-/m0/s1. The van der Waals surface area contributed by atoms with Crippen molar-refractivity contribution in [3.63, 3.8) is 0 Å². The van der Waals surface area contributed by atoms with Crippen molar-refractivity contribution in [3.05, 3.63) is 63.5 Å². The highest BCUT2D eigenvalue weighted by Crippen LogP contribution is 2.27. The first kappa shape index (κ1) is 21.4. The number of rotatable bonds is 9. The number of ether oxygens (including phenoxy) is 2. The molecule has 150 valence electrons. The van der Waals surface area contributed by atoms with E-state index < -0.39 is 0 Å². The molecule has 9 nitrogen and oxygen atoms in total. The monoisotopic (exact) mass is 394 g/mol. The Kier molecular flexibility index (Phi) is 7.71. The van der Waals surface area contributed by atoms with Crippen molar-refractivity contribution in [1.29, 1.82) is 5.26 Å². The molecule has 0 aliphatic carbocycles. The minimum Gasteiger partial charge on any atom is -0.493 e. The normalized spacial score (nSPS) is 10.8. The summed E-state index contributed by atoms with van der Waals surface area (Å²) in [6.07, 6.45) is 0. The largest absolute Gasteiger partial charge is 0.493 e. The van der Waals surface area contributed by atoms with Crippen LogP contribution in [0, 0.1) is 11.3 Å². The molecule has 0 bridgehead atoms. The molecule has 0 aliphatic heterocycles. The summed E-state index contributed by atoms with van der Waals surface area (Å²) in [6, 6.07) is 12.0. The Morgan fingerprint density at radius 1 is 1.24 bits per heavy atom. The molecule has 0 fully saturated rings. The summed E-state index contributed by atoms with van der Waals surface area (Å²) in [5, 5.41) is 18.7. The Bertz CT molecular complexity index is 963. The van der Waals surface area contributed by atoms with Crippen molar-refractivity contribution in [2.75, 3.05) is 26.1 Å². The summed E-state index contributed by atoms with van der Waals surface area (Å²) in [4.78, 5) is 15.5. The molecule has 1 atom stereocenters. The molecule has 29 heavy (non-hydrogen) atoms. The van der Waals surface area contributed by atoms with Gasteiger partial charge in [-0.3, -0.25) is 4.79 Å². The first-order valence-electron chi connectivity index (χ1n) is 8.83. The van der Waals surface area contributed by atoms with Crippen LogP contribution in [-0.2, 0) is 6.54 Å². The van der Waals surface area contributed by atoms with E-state index in [1.54, 1.807) is 38.5 Å². The maximum Gasteiger partial charge on any atom is 0.253 e. The van der Waals surface area contributed by atoms with Gasteiger partial charge in [0.15, 0.2) is 11.5 Å². The SMILES string of the molecule is COc1ccc(CNC(=O)c2cc(C#N)ccc2N[C@@H](C)CN=[N+]=[N-])cc1OC. The molecule has 2 aromatic carbocycles. The number of hydrogen-bond acceptors (Lipinski definition) is 6. The minimum absolute atomic E-state index is 0.184. The summed E-state index contributed by atoms with van der Waals surface area (Å²) >= 11 is 0. The number of nitrogens with one attached hydrogen (secondary N) is 2. The number of nitriles is 1. The Balaban J connectivity index is 2.18. The molecule has 0 heterocycles. The Labute approximate surface area is 168 Å². The first-order chi connectivity index (χ1) is 14.0. The van der Waals surface area contributed by atoms with Crippen LogP contribution in [0.15, 0.2) is 41.5 Å². The van der Waals surface area contributed by atoms with Crippen LogP contribution in [0.1, 0.15) is 28.4 Å². The number of azide groups is 1. The fraction of sp³-hybridized carbons (Fsp3) is 0.300. The van der Waals surface area contributed by atoms with Crippen molar-refractivity contribution in [3.8, 4) is 17.6 Å². The van der Waals surface area contributed by atoms with Gasteiger partial charge in [0, 0.05) is 29.7 Å². The second-order valence-corrected chi connectivity index (χ2v) is 6.20. The number of amides is 1. The van der Waals surface area contributed by atoms with E-state index in [-0.39, 0.29) is 25.0 Å². The van der Waals surface area contributed by atoms with E-state index in [0.717, 1.165) is 5.56 Å². The van der Waals surface area contributed by atoms with Crippen LogP contribution in [0.5, 0.6) is 11.5 Å². The molecular weight excluding hydrogens is 372 g/mol. The van der Waals surface area contributed by atoms with Gasteiger partial charge >= 0.3 is 0 Å². The van der Waals surface area contributed by atoms with Crippen molar-refractivity contribution < 1.29 is 14.3 Å². The second-order valence-electron chi connectivity index (χ2n) is 6.20. The average molecular weight is 394 g/mol. The number of nitrogens with zero attached hydrogens (tertiary/aromatic N) is 4. The molecule has 2 aromatic rings. The van der Waals surface area contributed by atoms with E-state index in [1.165, 1.54) is 6.07 Å². The van der Waals surface area contributed by atoms with Gasteiger partial charge in [0.05, 0.1) is 31.4 Å². The van der Waals surface area contributed by atoms with Gasteiger partial charge in [-0.15, -0.1) is 0 Å². The summed E-state index contributed by atoms with van der Waals surface area (Å²) in [6.45, 7) is 2.32. The van der Waals surface area contributed by atoms with Gasteiger partial charge in [-0.2, -0.15) is 5.26 Å². The minimum atomic E-state index is -0.338. The molecule has 0 aliphatic rings. The van der Waals surface area contributed by atoms with Gasteiger partial charge < -0.3 is 20.1 Å². The van der Waals surface area contributed by atoms with Crippen LogP contribution in [0.25, 0.3) is 10.4 Å². The summed E-state index contributed by atoms with van der Waals surface area (Å²) in [7, 11) is 3.10. The third-order valence-corrected chi connectivity index (χ3v) is 4.11. The van der Waals surface area contributed by atoms with Crippen LogP contribution in [-0.4, -0.2) is 32.7 Å². The lowest BCUT2D eigenvalue weighted by atomic mass is 10.1. The zero-order valence-corrected chi connectivity index (χ0v) is 16.5. The summed E-state index contributed by atoms with van der Waals surface area (Å²) in [5.74, 6) is 0.833. The maximum absolute atomic E-state index is 12.8. The molecule has 0 saturated heterocycles. The van der Waals surface area contributed by atoms with E-state index >= 15 is 0 Å². The molecular formula is C20H22N6O3. The van der Waals surface area contributed by atoms with Gasteiger partial charge in [-0.1, -0.05) is 11.2 Å². The fourth-order valence-electron chi connectivity index (χ4n) is 2.67. The zero-order valence-electron chi connectivity index (χ0n) is 16.5. The smallest absolute Gasteiger partial charge is 0.253 e. The number of carbonyl (C=O) groups excluding carboxylic acids is 1. The lowest BCUT2D eigenvalue weighted by Gasteiger charge is -2.17. The van der Waals surface area contributed by atoms with E-state index in [2.05, 4.69) is 20.7 Å². The number of methoxy groups -OCH3 is 2. The second kappa shape index (κ2) is 10.4. The van der Waals surface area contributed by atoms with Gasteiger partial charge in [0.25, 0.3) is 5.91 Å². The van der Waals surface area contributed by atoms with Crippen molar-refractivity contribution >= 4 is 11.6 Å². The van der Waals surface area contributed by atoms with Crippen molar-refractivity contribution in [1.82, 2.24) is 5.32 Å². The molecule has 0 unspecified atom stereocenters. The molecule has 0 radical (unpaired) electrons. The van der Waals surface area contributed by atoms with Gasteiger partial charge in [-0.05, 0) is 48.4 Å². The summed E-state index contributed by atoms with van der Waals surface area (Å²) < 4.78 is 10.5. The highest BCUT2D eigenvalue weighted by Gasteiger charge is 2.15. The predicted octanol–water partition coefficient (Wildman–Crippen LogP) is 3.62. The highest BCUT2D eigenvalue weighted by molar-refractivity contribution is 6.00. The van der Waals surface area contributed by atoms with Gasteiger partial charge in [0.1, 0.15) is 0 Å². The van der Waals surface area contributed by atoms with Crippen molar-refractivity contribution in [2.24, 2.45) is 5.11 Å². The Morgan fingerprint density at radius 2 is 2.00 bits per heavy atom. The van der Waals surface area contributed by atoms with Crippen LogP contribution in [0.3, 0.4) is 0 Å². The highest BCUT2D eigenvalue weighted by atomic mass is 16.5. The molecule has 2 rings (SSSR count). The Hall–Kier alpha value is -3.89. The fourth-order valence-corrected chi connectivity index (χ4v) is 2.67. The zero-order chi connectivity index (χ0) is 21.2. The van der Waals surface area contributed by atoms with E-state index in [0.29, 0.717) is 28.3 Å². The van der Waals surface area contributed by atoms with Gasteiger partial charge in [0.2, 0.25) is 0 Å². The quantitative estimate of drug-likeness (QED) is 0.381. The first-order valence-corrected chi connectivity index (χ1v) is 8.83. The number of hydrogen-bond donors (Lipinski definition) is 2. The third-order valence-electron chi connectivity index (χ3n) is 4.11. The van der Waals surface area contributed by atoms with Gasteiger partial charge in [-0.25, -0.2) is 0 Å². The van der Waals surface area contributed by atoms with Crippen LogP contribution >= 0.6 is 0 Å². The molecule has 2 N–H and O–H groups in total. The lowest BCUT2D eigenvalue weighted by molar-refractivity contribution is 0.0951. The number of carbonyl (C=O) groups is 1. The molecule has 1 amide bonds. The maximum atomic E-state index is 12.8.